The Balaban J connectivity index is 0.00000242. The molecule has 1 amide bonds. The monoisotopic (exact) mass is 373 g/mol. The van der Waals surface area contributed by atoms with E-state index in [0.29, 0.717) is 25.2 Å². The molecular weight excluding hydrogens is 354 g/mol. The first kappa shape index (κ1) is 21.9. The smallest absolute Gasteiger partial charge is 0.333 e. The van der Waals surface area contributed by atoms with Gasteiger partial charge >= 0.3 is 6.18 Å². The number of aromatic nitrogens is 1. The van der Waals surface area contributed by atoms with Gasteiger partial charge in [-0.2, -0.15) is 13.2 Å². The minimum absolute atomic E-state index is 0. The van der Waals surface area contributed by atoms with E-state index < -0.39 is 11.7 Å². The van der Waals surface area contributed by atoms with Gasteiger partial charge in [-0.1, -0.05) is 6.92 Å². The molecule has 2 unspecified atom stereocenters. The highest BCUT2D eigenvalue weighted by Crippen LogP contribution is 2.29. The number of nitrogens with two attached hydrogens (primary N) is 1. The fourth-order valence-corrected chi connectivity index (χ4v) is 2.58. The number of rotatable bonds is 2. The van der Waals surface area contributed by atoms with Gasteiger partial charge in [-0.05, 0) is 30.9 Å². The lowest BCUT2D eigenvalue weighted by Gasteiger charge is -2.37. The highest BCUT2D eigenvalue weighted by molar-refractivity contribution is 5.92. The first-order chi connectivity index (χ1) is 9.82. The topological polar surface area (TPSA) is 59.2 Å². The normalized spacial score (nSPS) is 21.2. The van der Waals surface area contributed by atoms with Gasteiger partial charge in [0.1, 0.15) is 5.69 Å². The second-order valence-corrected chi connectivity index (χ2v) is 5.45. The molecule has 4 nitrogen and oxygen atoms in total. The molecule has 1 aliphatic rings. The molecule has 1 aromatic rings. The van der Waals surface area contributed by atoms with Gasteiger partial charge in [0.2, 0.25) is 0 Å². The van der Waals surface area contributed by atoms with Gasteiger partial charge in [-0.15, -0.1) is 24.8 Å². The zero-order valence-corrected chi connectivity index (χ0v) is 14.2. The van der Waals surface area contributed by atoms with E-state index in [9.17, 15) is 18.0 Å². The van der Waals surface area contributed by atoms with Crippen LogP contribution in [-0.4, -0.2) is 34.9 Å². The van der Waals surface area contributed by atoms with Crippen molar-refractivity contribution < 1.29 is 18.0 Å². The Labute approximate surface area is 145 Å². The third-order valence-corrected chi connectivity index (χ3v) is 3.82. The Morgan fingerprint density at radius 1 is 1.39 bits per heavy atom. The number of piperidine rings is 1. The molecule has 1 fully saturated rings. The molecule has 1 aliphatic heterocycles. The third kappa shape index (κ3) is 5.22. The van der Waals surface area contributed by atoms with Crippen molar-refractivity contribution >= 4 is 30.7 Å². The molecule has 0 aromatic carbocycles. The van der Waals surface area contributed by atoms with Crippen LogP contribution in [0.5, 0.6) is 0 Å². The van der Waals surface area contributed by atoms with Gasteiger partial charge in [-0.25, -0.2) is 0 Å². The van der Waals surface area contributed by atoms with Gasteiger partial charge in [0.05, 0.1) is 5.56 Å². The maximum absolute atomic E-state index is 12.5. The van der Waals surface area contributed by atoms with E-state index in [1.54, 1.807) is 4.90 Å². The van der Waals surface area contributed by atoms with Gasteiger partial charge in [0, 0.05) is 25.3 Å². The minimum Gasteiger partial charge on any atom is -0.333 e. The van der Waals surface area contributed by atoms with Crippen molar-refractivity contribution in [1.82, 2.24) is 9.88 Å². The quantitative estimate of drug-likeness (QED) is 0.865. The first-order valence-corrected chi connectivity index (χ1v) is 6.87. The highest BCUT2D eigenvalue weighted by Gasteiger charge is 2.33. The molecule has 0 spiro atoms. The van der Waals surface area contributed by atoms with Gasteiger partial charge in [-0.3, -0.25) is 9.78 Å². The molecule has 9 heteroatoms. The van der Waals surface area contributed by atoms with Gasteiger partial charge in [0.15, 0.2) is 0 Å². The zero-order chi connectivity index (χ0) is 15.6. The standard InChI is InChI=1S/C14H18F3N3O.2ClH/c1-9-4-5-20(11(6-9)7-18)13(21)12-3-2-10(8-19-12)14(15,16)17;;/h2-3,8-9,11H,4-7,18H2,1H3;2*1H. The van der Waals surface area contributed by atoms with Crippen molar-refractivity contribution in [2.75, 3.05) is 13.1 Å². The fraction of sp³-hybridized carbons (Fsp3) is 0.571. The van der Waals surface area contributed by atoms with E-state index in [1.807, 2.05) is 0 Å². The van der Waals surface area contributed by atoms with Crippen LogP contribution in [0.1, 0.15) is 35.8 Å². The summed E-state index contributed by atoms with van der Waals surface area (Å²) < 4.78 is 37.4. The zero-order valence-electron chi connectivity index (χ0n) is 12.5. The lowest BCUT2D eigenvalue weighted by Crippen LogP contribution is -2.49. The molecule has 0 saturated carbocycles. The number of carbonyl (C=O) groups is 1. The second-order valence-electron chi connectivity index (χ2n) is 5.45. The molecular formula is C14H20Cl2F3N3O. The average Bonchev–Trinajstić information content (AvgIpc) is 2.45. The molecule has 2 atom stereocenters. The van der Waals surface area contributed by atoms with Gasteiger partial charge < -0.3 is 10.6 Å². The second kappa shape index (κ2) is 8.70. The lowest BCUT2D eigenvalue weighted by molar-refractivity contribution is -0.137. The molecule has 2 heterocycles. The summed E-state index contributed by atoms with van der Waals surface area (Å²) in [6.45, 7) is 3.00. The van der Waals surface area contributed by atoms with E-state index in [1.165, 1.54) is 0 Å². The summed E-state index contributed by atoms with van der Waals surface area (Å²) in [5, 5.41) is 0. The van der Waals surface area contributed by atoms with Crippen LogP contribution >= 0.6 is 24.8 Å². The maximum atomic E-state index is 12.5. The first-order valence-electron chi connectivity index (χ1n) is 6.87. The van der Waals surface area contributed by atoms with Crippen LogP contribution in [0.2, 0.25) is 0 Å². The molecule has 0 radical (unpaired) electrons. The Kier molecular flexibility index (Phi) is 8.31. The number of amides is 1. The number of nitrogens with zero attached hydrogens (tertiary/aromatic N) is 2. The van der Waals surface area contributed by atoms with Crippen LogP contribution in [0, 0.1) is 5.92 Å². The summed E-state index contributed by atoms with van der Waals surface area (Å²) >= 11 is 0. The van der Waals surface area contributed by atoms with Crippen molar-refractivity contribution in [2.45, 2.75) is 32.0 Å². The number of halogens is 5. The lowest BCUT2D eigenvalue weighted by atomic mass is 9.92. The third-order valence-electron chi connectivity index (χ3n) is 3.82. The van der Waals surface area contributed by atoms with Crippen LogP contribution < -0.4 is 5.73 Å². The van der Waals surface area contributed by atoms with Crippen molar-refractivity contribution in [1.29, 1.82) is 0 Å². The van der Waals surface area contributed by atoms with Crippen molar-refractivity contribution in [3.8, 4) is 0 Å². The number of hydrogen-bond donors (Lipinski definition) is 1. The largest absolute Gasteiger partial charge is 0.417 e. The Morgan fingerprint density at radius 2 is 2.04 bits per heavy atom. The molecule has 2 N–H and O–H groups in total. The summed E-state index contributed by atoms with van der Waals surface area (Å²) in [5.41, 5.74) is 4.85. The molecule has 1 aromatic heterocycles. The van der Waals surface area contributed by atoms with Gasteiger partial charge in [0.25, 0.3) is 5.91 Å². The van der Waals surface area contributed by atoms with E-state index in [0.717, 1.165) is 25.0 Å². The summed E-state index contributed by atoms with van der Waals surface area (Å²) in [7, 11) is 0. The minimum atomic E-state index is -4.45. The highest BCUT2D eigenvalue weighted by atomic mass is 35.5. The number of carbonyl (C=O) groups excluding carboxylic acids is 1. The van der Waals surface area contributed by atoms with Crippen LogP contribution in [0.3, 0.4) is 0 Å². The summed E-state index contributed by atoms with van der Waals surface area (Å²) in [5.74, 6) is 0.134. The van der Waals surface area contributed by atoms with E-state index in [-0.39, 0.29) is 42.5 Å². The molecule has 0 aliphatic carbocycles. The molecule has 1 saturated heterocycles. The van der Waals surface area contributed by atoms with Crippen LogP contribution in [0.15, 0.2) is 18.3 Å². The van der Waals surface area contributed by atoms with Crippen LogP contribution in [0.25, 0.3) is 0 Å². The number of alkyl halides is 3. The van der Waals surface area contributed by atoms with Crippen molar-refractivity contribution in [2.24, 2.45) is 11.7 Å². The Hall–Kier alpha value is -1.05. The fourth-order valence-electron chi connectivity index (χ4n) is 2.58. The predicted octanol–water partition coefficient (Wildman–Crippen LogP) is 3.14. The van der Waals surface area contributed by atoms with Crippen molar-refractivity contribution in [3.05, 3.63) is 29.6 Å². The SMILES string of the molecule is CC1CCN(C(=O)c2ccc(C(F)(F)F)cn2)C(CN)C1.Cl.Cl. The number of likely N-dealkylation sites (tertiary alicyclic amines) is 1. The number of hydrogen-bond acceptors (Lipinski definition) is 3. The van der Waals surface area contributed by atoms with E-state index >= 15 is 0 Å². The number of pyridine rings is 1. The predicted molar refractivity (Wildman–Crippen MR) is 86.0 cm³/mol. The maximum Gasteiger partial charge on any atom is 0.417 e. The summed E-state index contributed by atoms with van der Waals surface area (Å²) in [6.07, 6.45) is -2.09. The average molecular weight is 374 g/mol. The molecule has 132 valence electrons. The molecule has 0 bridgehead atoms. The Morgan fingerprint density at radius 3 is 2.52 bits per heavy atom. The summed E-state index contributed by atoms with van der Waals surface area (Å²) in [4.78, 5) is 17.6. The summed E-state index contributed by atoms with van der Waals surface area (Å²) in [6, 6.07) is 1.92. The van der Waals surface area contributed by atoms with E-state index in [2.05, 4.69) is 11.9 Å². The molecule has 23 heavy (non-hydrogen) atoms. The van der Waals surface area contributed by atoms with Crippen molar-refractivity contribution in [3.63, 3.8) is 0 Å². The van der Waals surface area contributed by atoms with E-state index in [4.69, 9.17) is 5.73 Å². The van der Waals surface area contributed by atoms with Crippen LogP contribution in [0.4, 0.5) is 13.2 Å². The molecule has 2 rings (SSSR count). The van der Waals surface area contributed by atoms with Crippen LogP contribution in [-0.2, 0) is 6.18 Å². The Bertz CT molecular complexity index is 511.